The van der Waals surface area contributed by atoms with Crippen molar-refractivity contribution >= 4 is 23.4 Å². The van der Waals surface area contributed by atoms with Crippen molar-refractivity contribution in [3.05, 3.63) is 15.6 Å². The highest BCUT2D eigenvalue weighted by atomic mass is 32.1. The van der Waals surface area contributed by atoms with Crippen molar-refractivity contribution in [2.24, 2.45) is 0 Å². The topological polar surface area (TPSA) is 78.0 Å². The van der Waals surface area contributed by atoms with Crippen LogP contribution >= 0.6 is 11.3 Å². The number of carbonyl (C=O) groups is 2. The Labute approximate surface area is 152 Å². The lowest BCUT2D eigenvalue weighted by atomic mass is 10.1. The number of amides is 1. The molecule has 8 heteroatoms. The quantitative estimate of drug-likeness (QED) is 0.739. The number of nitrogens with zero attached hydrogens (tertiary/aromatic N) is 2. The number of aromatic nitrogens is 1. The van der Waals surface area contributed by atoms with Gasteiger partial charge in [-0.3, -0.25) is 4.90 Å². The number of ether oxygens (including phenoxy) is 3. The summed E-state index contributed by atoms with van der Waals surface area (Å²) in [6.45, 7) is 12.8. The number of carbonyl (C=O) groups excluding carboxylic acids is 2. The first-order valence-electron chi connectivity index (χ1n) is 8.13. The fourth-order valence-corrected chi connectivity index (χ4v) is 4.00. The minimum absolute atomic E-state index is 0.267. The Balaban J connectivity index is 2.43. The molecule has 0 bridgehead atoms. The van der Waals surface area contributed by atoms with Crippen molar-refractivity contribution in [2.75, 3.05) is 7.11 Å². The summed E-state index contributed by atoms with van der Waals surface area (Å²) in [5.74, 6) is -0.491. The molecule has 2 atom stereocenters. The number of hydrogen-bond donors (Lipinski definition) is 0. The smallest absolute Gasteiger partial charge is 0.413 e. The van der Waals surface area contributed by atoms with Crippen LogP contribution in [-0.4, -0.2) is 46.5 Å². The van der Waals surface area contributed by atoms with Gasteiger partial charge in [0.05, 0.1) is 13.2 Å². The third kappa shape index (κ3) is 3.95. The molecule has 1 fully saturated rings. The van der Waals surface area contributed by atoms with Gasteiger partial charge in [0.15, 0.2) is 5.69 Å². The average Bonchev–Trinajstić information content (AvgIpc) is 2.92. The van der Waals surface area contributed by atoms with Crippen molar-refractivity contribution in [1.29, 1.82) is 0 Å². The van der Waals surface area contributed by atoms with Gasteiger partial charge < -0.3 is 14.2 Å². The van der Waals surface area contributed by atoms with Crippen LogP contribution in [0.25, 0.3) is 0 Å². The molecule has 0 saturated carbocycles. The highest BCUT2D eigenvalue weighted by Gasteiger charge is 2.51. The van der Waals surface area contributed by atoms with Gasteiger partial charge in [0, 0.05) is 4.88 Å². The zero-order valence-corrected chi connectivity index (χ0v) is 16.8. The van der Waals surface area contributed by atoms with Crippen molar-refractivity contribution in [3.63, 3.8) is 0 Å². The predicted molar refractivity (Wildman–Crippen MR) is 93.6 cm³/mol. The lowest BCUT2D eigenvalue weighted by molar-refractivity contribution is -0.0757. The molecule has 0 N–H and O–H groups in total. The van der Waals surface area contributed by atoms with E-state index >= 15 is 0 Å². The molecule has 1 amide bonds. The Morgan fingerprint density at radius 2 is 1.92 bits per heavy atom. The molecule has 2 heterocycles. The van der Waals surface area contributed by atoms with Gasteiger partial charge in [-0.05, 0) is 48.5 Å². The summed E-state index contributed by atoms with van der Waals surface area (Å²) in [7, 11) is 1.32. The van der Waals surface area contributed by atoms with E-state index in [-0.39, 0.29) is 11.8 Å². The molecular formula is C17H26N2O5S. The van der Waals surface area contributed by atoms with Crippen molar-refractivity contribution in [3.8, 4) is 0 Å². The van der Waals surface area contributed by atoms with Crippen LogP contribution in [0.3, 0.4) is 0 Å². The van der Waals surface area contributed by atoms with Gasteiger partial charge in [-0.1, -0.05) is 0 Å². The van der Waals surface area contributed by atoms with Crippen LogP contribution in [-0.2, 0) is 14.2 Å². The van der Waals surface area contributed by atoms with Crippen LogP contribution in [0.5, 0.6) is 0 Å². The number of esters is 1. The van der Waals surface area contributed by atoms with Crippen molar-refractivity contribution in [1.82, 2.24) is 9.88 Å². The summed E-state index contributed by atoms with van der Waals surface area (Å²) in [5.41, 5.74) is -1.21. The molecule has 1 aliphatic rings. The third-order valence-corrected chi connectivity index (χ3v) is 4.85. The predicted octanol–water partition coefficient (Wildman–Crippen LogP) is 3.67. The Kier molecular flexibility index (Phi) is 5.16. The Bertz CT molecular complexity index is 677. The van der Waals surface area contributed by atoms with Gasteiger partial charge >= 0.3 is 12.1 Å². The molecule has 2 rings (SSSR count). The van der Waals surface area contributed by atoms with E-state index in [1.807, 2.05) is 41.5 Å². The monoisotopic (exact) mass is 370 g/mol. The lowest BCUT2D eigenvalue weighted by Gasteiger charge is -2.34. The number of hydrogen-bond acceptors (Lipinski definition) is 7. The molecule has 140 valence electrons. The van der Waals surface area contributed by atoms with E-state index in [4.69, 9.17) is 14.2 Å². The molecule has 0 aliphatic carbocycles. The van der Waals surface area contributed by atoms with Gasteiger partial charge in [0.2, 0.25) is 0 Å². The first kappa shape index (κ1) is 19.7. The zero-order chi connectivity index (χ0) is 19.2. The van der Waals surface area contributed by atoms with Crippen molar-refractivity contribution < 1.29 is 23.8 Å². The minimum Gasteiger partial charge on any atom is -0.464 e. The minimum atomic E-state index is -0.850. The average molecular weight is 370 g/mol. The maximum Gasteiger partial charge on any atom is 0.413 e. The van der Waals surface area contributed by atoms with Gasteiger partial charge in [-0.25, -0.2) is 14.6 Å². The van der Waals surface area contributed by atoms with Crippen LogP contribution in [0, 0.1) is 6.92 Å². The van der Waals surface area contributed by atoms with E-state index in [9.17, 15) is 9.59 Å². The van der Waals surface area contributed by atoms with E-state index in [1.54, 1.807) is 11.8 Å². The summed E-state index contributed by atoms with van der Waals surface area (Å²) >= 11 is 1.36. The second-order valence-corrected chi connectivity index (χ2v) is 8.75. The lowest BCUT2D eigenvalue weighted by Crippen LogP contribution is -2.47. The molecule has 1 saturated heterocycles. The molecule has 1 aromatic heterocycles. The fraction of sp³-hybridized carbons (Fsp3) is 0.706. The molecule has 1 aliphatic heterocycles. The first-order chi connectivity index (χ1) is 11.4. The van der Waals surface area contributed by atoms with Crippen LogP contribution in [0.1, 0.15) is 68.0 Å². The Morgan fingerprint density at radius 1 is 1.32 bits per heavy atom. The second-order valence-electron chi connectivity index (χ2n) is 7.51. The highest BCUT2D eigenvalue weighted by Crippen LogP contribution is 2.43. The van der Waals surface area contributed by atoms with Crippen LogP contribution in [0.4, 0.5) is 4.79 Å². The molecule has 25 heavy (non-hydrogen) atoms. The highest BCUT2D eigenvalue weighted by molar-refractivity contribution is 7.12. The maximum atomic E-state index is 12.8. The SMILES string of the molecule is COC(=O)c1nc([C@@H]2[C@@H](C)OC(C)(C)N2C(=O)OC(C)(C)C)sc1C. The van der Waals surface area contributed by atoms with E-state index in [2.05, 4.69) is 4.98 Å². The summed E-state index contributed by atoms with van der Waals surface area (Å²) in [6.07, 6.45) is -0.766. The summed E-state index contributed by atoms with van der Waals surface area (Å²) in [4.78, 5) is 31.4. The Hall–Kier alpha value is -1.67. The van der Waals surface area contributed by atoms with E-state index in [1.165, 1.54) is 18.4 Å². The molecular weight excluding hydrogens is 344 g/mol. The third-order valence-electron chi connectivity index (χ3n) is 3.81. The maximum absolute atomic E-state index is 12.8. The number of thiazole rings is 1. The molecule has 7 nitrogen and oxygen atoms in total. The first-order valence-corrected chi connectivity index (χ1v) is 8.95. The normalized spacial score (nSPS) is 22.8. The Morgan fingerprint density at radius 3 is 2.44 bits per heavy atom. The van der Waals surface area contributed by atoms with Crippen LogP contribution < -0.4 is 0 Å². The summed E-state index contributed by atoms with van der Waals surface area (Å²) in [5, 5.41) is 0.627. The molecule has 0 unspecified atom stereocenters. The number of methoxy groups -OCH3 is 1. The molecule has 0 radical (unpaired) electrons. The molecule has 0 spiro atoms. The fourth-order valence-electron chi connectivity index (χ4n) is 2.91. The molecule has 1 aromatic rings. The van der Waals surface area contributed by atoms with E-state index in [0.29, 0.717) is 5.01 Å². The number of rotatable bonds is 2. The summed E-state index contributed by atoms with van der Waals surface area (Å²) in [6, 6.07) is -0.438. The van der Waals surface area contributed by atoms with Crippen molar-refractivity contribution in [2.45, 2.75) is 71.9 Å². The number of aryl methyl sites for hydroxylation is 1. The standard InChI is InChI=1S/C17H26N2O5S/c1-9-12(13-18-11(10(2)25-13)14(20)22-8)19(17(6,7)23-9)15(21)24-16(3,4)5/h9,12H,1-8H3/t9-,12+/m1/s1. The van der Waals surface area contributed by atoms with Crippen LogP contribution in [0.2, 0.25) is 0 Å². The molecule has 0 aromatic carbocycles. The zero-order valence-electron chi connectivity index (χ0n) is 16.0. The summed E-state index contributed by atoms with van der Waals surface area (Å²) < 4.78 is 16.3. The van der Waals surface area contributed by atoms with Gasteiger partial charge in [0.25, 0.3) is 0 Å². The van der Waals surface area contributed by atoms with Gasteiger partial charge in [-0.15, -0.1) is 11.3 Å². The van der Waals surface area contributed by atoms with E-state index < -0.39 is 29.4 Å². The van der Waals surface area contributed by atoms with Gasteiger partial charge in [0.1, 0.15) is 22.4 Å². The van der Waals surface area contributed by atoms with E-state index in [0.717, 1.165) is 4.88 Å². The largest absolute Gasteiger partial charge is 0.464 e. The second kappa shape index (κ2) is 6.57. The van der Waals surface area contributed by atoms with Crippen LogP contribution in [0.15, 0.2) is 0 Å². The van der Waals surface area contributed by atoms with Gasteiger partial charge in [-0.2, -0.15) is 0 Å².